The van der Waals surface area contributed by atoms with E-state index in [2.05, 4.69) is 44.1 Å². The molecular formula is C13H30N2Si. The van der Waals surface area contributed by atoms with Crippen molar-refractivity contribution in [1.29, 1.82) is 0 Å². The van der Waals surface area contributed by atoms with Crippen LogP contribution in [0.1, 0.15) is 40.5 Å². The molecule has 0 aromatic carbocycles. The second-order valence-corrected chi connectivity index (χ2v) is 5.76. The highest BCUT2D eigenvalue weighted by Gasteiger charge is 2.22. The summed E-state index contributed by atoms with van der Waals surface area (Å²) in [6.07, 6.45) is 2.94. The van der Waals surface area contributed by atoms with E-state index in [4.69, 9.17) is 0 Å². The van der Waals surface area contributed by atoms with Gasteiger partial charge in [0.25, 0.3) is 0 Å². The zero-order valence-corrected chi connectivity index (χ0v) is 13.9. The predicted octanol–water partition coefficient (Wildman–Crippen LogP) is 1.66. The van der Waals surface area contributed by atoms with E-state index in [1.807, 2.05) is 0 Å². The Bertz CT molecular complexity index is 180. The van der Waals surface area contributed by atoms with Crippen LogP contribution in [0.15, 0.2) is 11.8 Å². The molecule has 3 heteroatoms. The van der Waals surface area contributed by atoms with Crippen LogP contribution < -0.4 is 0 Å². The van der Waals surface area contributed by atoms with Crippen LogP contribution in [0, 0.1) is 0 Å². The third-order valence-corrected chi connectivity index (χ3v) is 3.48. The molecule has 0 aromatic heterocycles. The quantitative estimate of drug-likeness (QED) is 0.448. The van der Waals surface area contributed by atoms with Gasteiger partial charge in [-0.3, -0.25) is 9.80 Å². The fraction of sp³-hybridized carbons (Fsp3) is 0.846. The third kappa shape index (κ3) is 4.81. The van der Waals surface area contributed by atoms with E-state index in [-0.39, 0.29) is 0 Å². The molecule has 0 rings (SSSR count). The van der Waals surface area contributed by atoms with E-state index >= 15 is 0 Å². The fourth-order valence-electron chi connectivity index (χ4n) is 2.34. The molecule has 0 aliphatic carbocycles. The standard InChI is InChI=1S/C13H30N2Si/c1-6-10-14(8-3)13(12(5)16)15(9-4)11-7-2/h13H,5-11H2,1-4,16H3. The lowest BCUT2D eigenvalue weighted by Gasteiger charge is -2.39. The first kappa shape index (κ1) is 15.9. The van der Waals surface area contributed by atoms with Crippen molar-refractivity contribution >= 4 is 10.2 Å². The first-order chi connectivity index (χ1) is 7.62. The average molecular weight is 242 g/mol. The van der Waals surface area contributed by atoms with Gasteiger partial charge in [0.1, 0.15) is 0 Å². The summed E-state index contributed by atoms with van der Waals surface area (Å²) in [7, 11) is 1.09. The Morgan fingerprint density at radius 3 is 1.56 bits per heavy atom. The number of hydrogen-bond donors (Lipinski definition) is 0. The molecule has 0 aliphatic rings. The van der Waals surface area contributed by atoms with Crippen LogP contribution in [0.4, 0.5) is 0 Å². The highest BCUT2D eigenvalue weighted by atomic mass is 28.1. The second-order valence-electron chi connectivity index (χ2n) is 4.48. The molecule has 0 bridgehead atoms. The third-order valence-electron chi connectivity index (χ3n) is 2.97. The van der Waals surface area contributed by atoms with Gasteiger partial charge in [0, 0.05) is 10.2 Å². The lowest BCUT2D eigenvalue weighted by Crippen LogP contribution is -2.50. The number of rotatable bonds is 9. The summed E-state index contributed by atoms with van der Waals surface area (Å²) in [6, 6.07) is 0. The van der Waals surface area contributed by atoms with Crippen LogP contribution in [0.25, 0.3) is 0 Å². The average Bonchev–Trinajstić information content (AvgIpc) is 2.26. The summed E-state index contributed by atoms with van der Waals surface area (Å²) in [6.45, 7) is 17.9. The van der Waals surface area contributed by atoms with Crippen molar-refractivity contribution in [3.63, 3.8) is 0 Å². The molecule has 0 atom stereocenters. The Morgan fingerprint density at radius 2 is 1.38 bits per heavy atom. The van der Waals surface area contributed by atoms with E-state index < -0.39 is 0 Å². The lowest BCUT2D eigenvalue weighted by atomic mass is 10.2. The molecule has 96 valence electrons. The molecule has 16 heavy (non-hydrogen) atoms. The molecule has 0 heterocycles. The van der Waals surface area contributed by atoms with E-state index in [0.29, 0.717) is 6.17 Å². The Morgan fingerprint density at radius 1 is 1.00 bits per heavy atom. The molecule has 0 saturated heterocycles. The monoisotopic (exact) mass is 242 g/mol. The molecule has 2 nitrogen and oxygen atoms in total. The number of likely N-dealkylation sites (N-methyl/N-ethyl adjacent to an activating group) is 2. The van der Waals surface area contributed by atoms with Crippen LogP contribution in [0.5, 0.6) is 0 Å². The van der Waals surface area contributed by atoms with Gasteiger partial charge in [-0.25, -0.2) is 0 Å². The van der Waals surface area contributed by atoms with Crippen molar-refractivity contribution in [3.8, 4) is 0 Å². The van der Waals surface area contributed by atoms with Crippen LogP contribution in [0.2, 0.25) is 0 Å². The first-order valence-electron chi connectivity index (χ1n) is 6.75. The predicted molar refractivity (Wildman–Crippen MR) is 77.9 cm³/mol. The molecule has 0 N–H and O–H groups in total. The summed E-state index contributed by atoms with van der Waals surface area (Å²) in [4.78, 5) is 5.13. The first-order valence-corrected chi connectivity index (χ1v) is 7.75. The van der Waals surface area contributed by atoms with Crippen molar-refractivity contribution in [2.24, 2.45) is 0 Å². The molecule has 0 saturated carbocycles. The summed E-state index contributed by atoms with van der Waals surface area (Å²) in [5, 5.41) is 1.41. The van der Waals surface area contributed by atoms with E-state index in [9.17, 15) is 0 Å². The Hall–Kier alpha value is -0.123. The SMILES string of the molecule is C=C([SiH3])C(N(CC)CCC)N(CC)CCC. The van der Waals surface area contributed by atoms with Gasteiger partial charge in [0.2, 0.25) is 0 Å². The van der Waals surface area contributed by atoms with Gasteiger partial charge < -0.3 is 0 Å². The van der Waals surface area contributed by atoms with Crippen LogP contribution in [-0.4, -0.2) is 52.4 Å². The van der Waals surface area contributed by atoms with Gasteiger partial charge >= 0.3 is 0 Å². The van der Waals surface area contributed by atoms with Gasteiger partial charge in [-0.2, -0.15) is 0 Å². The molecule has 0 unspecified atom stereocenters. The largest absolute Gasteiger partial charge is 0.285 e. The smallest absolute Gasteiger partial charge is 0.0796 e. The van der Waals surface area contributed by atoms with Gasteiger partial charge in [0.05, 0.1) is 6.17 Å². The van der Waals surface area contributed by atoms with Crippen LogP contribution in [-0.2, 0) is 0 Å². The van der Waals surface area contributed by atoms with Crippen molar-refractivity contribution in [2.45, 2.75) is 46.7 Å². The number of nitrogens with zero attached hydrogens (tertiary/aromatic N) is 2. The van der Waals surface area contributed by atoms with Gasteiger partial charge in [-0.1, -0.05) is 32.9 Å². The van der Waals surface area contributed by atoms with Crippen LogP contribution >= 0.6 is 0 Å². The van der Waals surface area contributed by atoms with Crippen molar-refractivity contribution in [2.75, 3.05) is 26.2 Å². The minimum absolute atomic E-state index is 0.488. The van der Waals surface area contributed by atoms with Gasteiger partial charge in [-0.05, 0) is 39.0 Å². The maximum absolute atomic E-state index is 4.24. The molecule has 0 aromatic rings. The summed E-state index contributed by atoms with van der Waals surface area (Å²) >= 11 is 0. The highest BCUT2D eigenvalue weighted by molar-refractivity contribution is 6.21. The molecule has 0 spiro atoms. The van der Waals surface area contributed by atoms with Crippen molar-refractivity contribution < 1.29 is 0 Å². The second kappa shape index (κ2) is 8.96. The van der Waals surface area contributed by atoms with Gasteiger partial charge in [0.15, 0.2) is 0 Å². The minimum Gasteiger partial charge on any atom is -0.285 e. The Kier molecular flexibility index (Phi) is 8.90. The Labute approximate surface area is 105 Å². The minimum atomic E-state index is 0.488. The molecule has 0 radical (unpaired) electrons. The summed E-state index contributed by atoms with van der Waals surface area (Å²) in [5.74, 6) is 0. The molecule has 0 amide bonds. The normalized spacial score (nSPS) is 11.9. The molecule has 0 fully saturated rings. The summed E-state index contributed by atoms with van der Waals surface area (Å²) in [5.41, 5.74) is 0. The fourth-order valence-corrected chi connectivity index (χ4v) is 3.07. The lowest BCUT2D eigenvalue weighted by molar-refractivity contribution is 0.0804. The maximum atomic E-state index is 4.24. The van der Waals surface area contributed by atoms with E-state index in [0.717, 1.165) is 23.3 Å². The van der Waals surface area contributed by atoms with Crippen molar-refractivity contribution in [3.05, 3.63) is 11.8 Å². The highest BCUT2D eigenvalue weighted by Crippen LogP contribution is 2.13. The zero-order valence-electron chi connectivity index (χ0n) is 11.9. The molecule has 0 aliphatic heterocycles. The topological polar surface area (TPSA) is 6.48 Å². The van der Waals surface area contributed by atoms with Crippen molar-refractivity contribution in [1.82, 2.24) is 9.80 Å². The Balaban J connectivity index is 4.71. The number of hydrogen-bond acceptors (Lipinski definition) is 2. The molecular weight excluding hydrogens is 212 g/mol. The van der Waals surface area contributed by atoms with E-state index in [1.54, 1.807) is 0 Å². The van der Waals surface area contributed by atoms with E-state index in [1.165, 1.54) is 31.1 Å². The zero-order chi connectivity index (χ0) is 12.6. The van der Waals surface area contributed by atoms with Crippen LogP contribution in [0.3, 0.4) is 0 Å². The van der Waals surface area contributed by atoms with Gasteiger partial charge in [-0.15, -0.1) is 6.58 Å². The summed E-state index contributed by atoms with van der Waals surface area (Å²) < 4.78 is 0. The maximum Gasteiger partial charge on any atom is 0.0796 e.